The molecule has 0 saturated carbocycles. The van der Waals surface area contributed by atoms with Crippen LogP contribution in [0.2, 0.25) is 0 Å². The highest BCUT2D eigenvalue weighted by atomic mass is 16.5. The Morgan fingerprint density at radius 2 is 1.48 bits per heavy atom. The first-order valence-corrected chi connectivity index (χ1v) is 9.42. The molecule has 1 heterocycles. The Morgan fingerprint density at radius 3 is 2.10 bits per heavy atom. The molecular formula is C24H23NO4. The van der Waals surface area contributed by atoms with E-state index in [9.17, 15) is 4.79 Å². The van der Waals surface area contributed by atoms with Crippen LogP contribution < -0.4 is 19.1 Å². The summed E-state index contributed by atoms with van der Waals surface area (Å²) in [7, 11) is 4.86. The lowest BCUT2D eigenvalue weighted by Gasteiger charge is -2.38. The molecule has 0 radical (unpaired) electrons. The number of ether oxygens (including phenoxy) is 3. The van der Waals surface area contributed by atoms with Crippen LogP contribution in [0.1, 0.15) is 22.7 Å². The molecule has 29 heavy (non-hydrogen) atoms. The normalized spacial score (nSPS) is 15.6. The van der Waals surface area contributed by atoms with E-state index in [1.165, 1.54) is 0 Å². The highest BCUT2D eigenvalue weighted by molar-refractivity contribution is 5.98. The van der Waals surface area contributed by atoms with Crippen LogP contribution in [0.3, 0.4) is 0 Å². The predicted molar refractivity (Wildman–Crippen MR) is 112 cm³/mol. The molecule has 3 aromatic rings. The van der Waals surface area contributed by atoms with E-state index < -0.39 is 0 Å². The number of fused-ring (bicyclic) bond motifs is 1. The smallest absolute Gasteiger partial charge is 0.232 e. The molecule has 0 bridgehead atoms. The number of hydrogen-bond acceptors (Lipinski definition) is 4. The number of amides is 1. The minimum atomic E-state index is -0.278. The van der Waals surface area contributed by atoms with E-state index in [1.54, 1.807) is 21.3 Å². The maximum Gasteiger partial charge on any atom is 0.232 e. The van der Waals surface area contributed by atoms with E-state index >= 15 is 0 Å². The van der Waals surface area contributed by atoms with Crippen molar-refractivity contribution in [1.29, 1.82) is 0 Å². The summed E-state index contributed by atoms with van der Waals surface area (Å²) in [6.07, 6.45) is 0.303. The van der Waals surface area contributed by atoms with Gasteiger partial charge in [-0.05, 0) is 53.1 Å². The largest absolute Gasteiger partial charge is 0.497 e. The fourth-order valence-corrected chi connectivity index (χ4v) is 3.87. The van der Waals surface area contributed by atoms with Gasteiger partial charge in [0.05, 0.1) is 33.8 Å². The predicted octanol–water partition coefficient (Wildman–Crippen LogP) is 4.39. The van der Waals surface area contributed by atoms with Gasteiger partial charge in [0, 0.05) is 5.69 Å². The Bertz CT molecular complexity index is 1020. The van der Waals surface area contributed by atoms with Gasteiger partial charge >= 0.3 is 0 Å². The minimum Gasteiger partial charge on any atom is -0.497 e. The van der Waals surface area contributed by atoms with Gasteiger partial charge in [-0.15, -0.1) is 0 Å². The molecule has 0 aliphatic carbocycles. The van der Waals surface area contributed by atoms with Crippen molar-refractivity contribution in [3.8, 4) is 17.2 Å². The molecule has 4 rings (SSSR count). The maximum absolute atomic E-state index is 13.2. The monoisotopic (exact) mass is 389 g/mol. The lowest BCUT2D eigenvalue weighted by Crippen LogP contribution is -2.41. The third-order valence-electron chi connectivity index (χ3n) is 5.27. The molecular weight excluding hydrogens is 366 g/mol. The summed E-state index contributed by atoms with van der Waals surface area (Å²) in [5, 5.41) is 0. The quantitative estimate of drug-likeness (QED) is 0.649. The first-order chi connectivity index (χ1) is 14.2. The summed E-state index contributed by atoms with van der Waals surface area (Å²) in [6, 6.07) is 21.2. The van der Waals surface area contributed by atoms with Gasteiger partial charge in [0.15, 0.2) is 11.5 Å². The van der Waals surface area contributed by atoms with Gasteiger partial charge in [0.2, 0.25) is 5.91 Å². The topological polar surface area (TPSA) is 48.0 Å². The van der Waals surface area contributed by atoms with Crippen molar-refractivity contribution < 1.29 is 19.0 Å². The van der Waals surface area contributed by atoms with Gasteiger partial charge in [0.25, 0.3) is 0 Å². The Kier molecular flexibility index (Phi) is 5.12. The van der Waals surface area contributed by atoms with Gasteiger partial charge in [0.1, 0.15) is 5.75 Å². The van der Waals surface area contributed by atoms with Crippen LogP contribution in [0, 0.1) is 0 Å². The molecule has 5 nitrogen and oxygen atoms in total. The molecule has 1 amide bonds. The van der Waals surface area contributed by atoms with Gasteiger partial charge in [-0.1, -0.05) is 30.3 Å². The minimum absolute atomic E-state index is 0.0386. The van der Waals surface area contributed by atoms with Crippen molar-refractivity contribution in [3.05, 3.63) is 83.4 Å². The van der Waals surface area contributed by atoms with E-state index in [4.69, 9.17) is 14.2 Å². The van der Waals surface area contributed by atoms with Crippen molar-refractivity contribution in [2.24, 2.45) is 0 Å². The van der Waals surface area contributed by atoms with E-state index in [1.807, 2.05) is 71.6 Å². The van der Waals surface area contributed by atoms with Crippen LogP contribution in [-0.4, -0.2) is 27.2 Å². The summed E-state index contributed by atoms with van der Waals surface area (Å²) in [5.41, 5.74) is 3.83. The third-order valence-corrected chi connectivity index (χ3v) is 5.27. The third kappa shape index (κ3) is 3.40. The summed E-state index contributed by atoms with van der Waals surface area (Å²) in [4.78, 5) is 15.1. The van der Waals surface area contributed by atoms with Gasteiger partial charge in [-0.25, -0.2) is 0 Å². The number of rotatable bonds is 5. The van der Waals surface area contributed by atoms with Crippen LogP contribution in [0.15, 0.2) is 66.7 Å². The average molecular weight is 389 g/mol. The molecule has 0 saturated heterocycles. The fraction of sp³-hybridized carbons (Fsp3) is 0.208. The lowest BCUT2D eigenvalue weighted by atomic mass is 9.86. The van der Waals surface area contributed by atoms with Crippen LogP contribution in [-0.2, 0) is 11.2 Å². The molecule has 0 fully saturated rings. The van der Waals surface area contributed by atoms with Crippen LogP contribution in [0.5, 0.6) is 17.2 Å². The number of para-hydroxylation sites is 1. The lowest BCUT2D eigenvalue weighted by molar-refractivity contribution is -0.118. The molecule has 1 aliphatic rings. The molecule has 1 atom stereocenters. The molecule has 0 aromatic heterocycles. The van der Waals surface area contributed by atoms with Gasteiger partial charge < -0.3 is 19.1 Å². The Balaban J connectivity index is 1.92. The zero-order chi connectivity index (χ0) is 20.4. The number of carbonyl (C=O) groups is 1. The highest BCUT2D eigenvalue weighted by Gasteiger charge is 2.35. The van der Waals surface area contributed by atoms with Crippen molar-refractivity contribution in [3.63, 3.8) is 0 Å². The number of nitrogens with zero attached hydrogens (tertiary/aromatic N) is 1. The SMILES string of the molecule is COc1ccc([C@H]2c3cc(OC)c(OC)cc3CC(=O)N2c2ccccc2)cc1. The fourth-order valence-electron chi connectivity index (χ4n) is 3.87. The number of benzene rings is 3. The molecule has 0 spiro atoms. The Hall–Kier alpha value is -3.47. The maximum atomic E-state index is 13.2. The molecule has 148 valence electrons. The zero-order valence-corrected chi connectivity index (χ0v) is 16.7. The molecule has 5 heteroatoms. The molecule has 1 aliphatic heterocycles. The standard InChI is InChI=1S/C24H23NO4/c1-27-19-11-9-16(10-12-19)24-20-15-22(29-3)21(28-2)13-17(20)14-23(26)25(24)18-7-5-4-6-8-18/h4-13,15,24H,14H2,1-3H3/t24-/m0/s1. The van der Waals surface area contributed by atoms with E-state index in [0.29, 0.717) is 17.9 Å². The summed E-state index contributed by atoms with van der Waals surface area (Å²) >= 11 is 0. The number of anilines is 1. The van der Waals surface area contributed by atoms with Crippen LogP contribution >= 0.6 is 0 Å². The van der Waals surface area contributed by atoms with Crippen LogP contribution in [0.4, 0.5) is 5.69 Å². The first kappa shape index (κ1) is 18.9. The Morgan fingerprint density at radius 1 is 0.828 bits per heavy atom. The van der Waals surface area contributed by atoms with Crippen molar-refractivity contribution in [1.82, 2.24) is 0 Å². The number of hydrogen-bond donors (Lipinski definition) is 0. The van der Waals surface area contributed by atoms with Crippen molar-refractivity contribution >= 4 is 11.6 Å². The summed E-state index contributed by atoms with van der Waals surface area (Å²) in [6.45, 7) is 0. The number of carbonyl (C=O) groups excluding carboxylic acids is 1. The van der Waals surface area contributed by atoms with Crippen molar-refractivity contribution in [2.45, 2.75) is 12.5 Å². The second-order valence-electron chi connectivity index (χ2n) is 6.86. The van der Waals surface area contributed by atoms with Crippen molar-refractivity contribution in [2.75, 3.05) is 26.2 Å². The highest BCUT2D eigenvalue weighted by Crippen LogP contribution is 2.43. The van der Waals surface area contributed by atoms with E-state index in [0.717, 1.165) is 28.1 Å². The van der Waals surface area contributed by atoms with E-state index in [-0.39, 0.29) is 11.9 Å². The molecule has 3 aromatic carbocycles. The first-order valence-electron chi connectivity index (χ1n) is 9.42. The molecule has 0 N–H and O–H groups in total. The molecule has 0 unspecified atom stereocenters. The summed E-state index contributed by atoms with van der Waals surface area (Å²) in [5.74, 6) is 2.08. The zero-order valence-electron chi connectivity index (χ0n) is 16.7. The average Bonchev–Trinajstić information content (AvgIpc) is 2.78. The van der Waals surface area contributed by atoms with Gasteiger partial charge in [-0.2, -0.15) is 0 Å². The summed E-state index contributed by atoms with van der Waals surface area (Å²) < 4.78 is 16.3. The van der Waals surface area contributed by atoms with E-state index in [2.05, 4.69) is 0 Å². The second kappa shape index (κ2) is 7.87. The number of methoxy groups -OCH3 is 3. The Labute approximate surface area is 170 Å². The second-order valence-corrected chi connectivity index (χ2v) is 6.86. The van der Waals surface area contributed by atoms with Crippen LogP contribution in [0.25, 0.3) is 0 Å². The van der Waals surface area contributed by atoms with Gasteiger partial charge in [-0.3, -0.25) is 4.79 Å².